The highest BCUT2D eigenvalue weighted by Crippen LogP contribution is 2.26. The summed E-state index contributed by atoms with van der Waals surface area (Å²) in [7, 11) is 0. The Labute approximate surface area is 103 Å². The number of hydrogen-bond donors (Lipinski definition) is 0. The van der Waals surface area contributed by atoms with E-state index in [4.69, 9.17) is 9.73 Å². The largest absolute Gasteiger partial charge is 0.372 e. The standard InChI is InChI=1S/C15H19NO/c1-4-8-15-12(5-1)9-10-13(16-15)11-17-14-6-2-3-7-14/h1,4-5,8,14H,2-3,6-7,9-11H2. The summed E-state index contributed by atoms with van der Waals surface area (Å²) in [5.74, 6) is 0. The van der Waals surface area contributed by atoms with E-state index in [2.05, 4.69) is 24.3 Å². The number of rotatable bonds is 3. The van der Waals surface area contributed by atoms with Gasteiger partial charge in [-0.25, -0.2) is 0 Å². The zero-order valence-electron chi connectivity index (χ0n) is 10.2. The van der Waals surface area contributed by atoms with E-state index in [1.165, 1.54) is 37.0 Å². The van der Waals surface area contributed by atoms with Crippen molar-refractivity contribution in [2.24, 2.45) is 4.99 Å². The van der Waals surface area contributed by atoms with Gasteiger partial charge in [0.1, 0.15) is 0 Å². The van der Waals surface area contributed by atoms with Crippen LogP contribution in [0.3, 0.4) is 0 Å². The van der Waals surface area contributed by atoms with E-state index >= 15 is 0 Å². The zero-order valence-corrected chi connectivity index (χ0v) is 10.2. The quantitative estimate of drug-likeness (QED) is 0.775. The summed E-state index contributed by atoms with van der Waals surface area (Å²) >= 11 is 0. The minimum absolute atomic E-state index is 0.495. The van der Waals surface area contributed by atoms with Crippen molar-refractivity contribution in [3.63, 3.8) is 0 Å². The van der Waals surface area contributed by atoms with E-state index in [1.54, 1.807) is 0 Å². The summed E-state index contributed by atoms with van der Waals surface area (Å²) in [5, 5.41) is 0. The molecule has 1 aliphatic heterocycles. The second-order valence-corrected chi connectivity index (χ2v) is 5.02. The van der Waals surface area contributed by atoms with Gasteiger partial charge in [0, 0.05) is 5.71 Å². The Kier molecular flexibility index (Phi) is 3.23. The maximum absolute atomic E-state index is 5.93. The first kappa shape index (κ1) is 11.0. The lowest BCUT2D eigenvalue weighted by Gasteiger charge is -2.17. The van der Waals surface area contributed by atoms with E-state index in [0.29, 0.717) is 6.10 Å². The molecule has 2 aliphatic rings. The number of para-hydroxylation sites is 1. The van der Waals surface area contributed by atoms with Crippen LogP contribution < -0.4 is 0 Å². The summed E-state index contributed by atoms with van der Waals surface area (Å²) in [6, 6.07) is 8.43. The van der Waals surface area contributed by atoms with Gasteiger partial charge >= 0.3 is 0 Å². The number of fused-ring (bicyclic) bond motifs is 1. The second-order valence-electron chi connectivity index (χ2n) is 5.02. The van der Waals surface area contributed by atoms with Gasteiger partial charge in [-0.15, -0.1) is 0 Å². The van der Waals surface area contributed by atoms with Gasteiger partial charge in [-0.05, 0) is 37.3 Å². The molecule has 1 heterocycles. The summed E-state index contributed by atoms with van der Waals surface area (Å²) in [4.78, 5) is 4.70. The molecular weight excluding hydrogens is 210 g/mol. The SMILES string of the molecule is c1ccc2c(c1)CCC(COC1CCCC1)=N2. The highest BCUT2D eigenvalue weighted by Gasteiger charge is 2.17. The van der Waals surface area contributed by atoms with Crippen LogP contribution in [0.15, 0.2) is 29.3 Å². The topological polar surface area (TPSA) is 21.6 Å². The van der Waals surface area contributed by atoms with Crippen molar-refractivity contribution in [1.29, 1.82) is 0 Å². The molecule has 0 amide bonds. The Morgan fingerprint density at radius 2 is 1.94 bits per heavy atom. The lowest BCUT2D eigenvalue weighted by atomic mass is 10.0. The molecule has 1 aromatic rings. The maximum atomic E-state index is 5.93. The average molecular weight is 229 g/mol. The highest BCUT2D eigenvalue weighted by atomic mass is 16.5. The second kappa shape index (κ2) is 5.01. The maximum Gasteiger partial charge on any atom is 0.0852 e. The molecule has 0 saturated heterocycles. The fourth-order valence-corrected chi connectivity index (χ4v) is 2.71. The van der Waals surface area contributed by atoms with Gasteiger partial charge in [-0.2, -0.15) is 0 Å². The first-order valence-electron chi connectivity index (χ1n) is 6.68. The van der Waals surface area contributed by atoms with E-state index < -0.39 is 0 Å². The summed E-state index contributed by atoms with van der Waals surface area (Å²) in [5.41, 5.74) is 3.73. The fourth-order valence-electron chi connectivity index (χ4n) is 2.71. The molecule has 0 atom stereocenters. The molecule has 2 nitrogen and oxygen atoms in total. The van der Waals surface area contributed by atoms with Crippen LogP contribution in [0, 0.1) is 0 Å². The van der Waals surface area contributed by atoms with Crippen LogP contribution in [0.4, 0.5) is 5.69 Å². The molecule has 0 radical (unpaired) electrons. The van der Waals surface area contributed by atoms with Gasteiger partial charge in [0.05, 0.1) is 18.4 Å². The summed E-state index contributed by atoms with van der Waals surface area (Å²) in [6.45, 7) is 0.735. The predicted molar refractivity (Wildman–Crippen MR) is 70.1 cm³/mol. The van der Waals surface area contributed by atoms with Crippen molar-refractivity contribution in [1.82, 2.24) is 0 Å². The minimum atomic E-state index is 0.495. The van der Waals surface area contributed by atoms with E-state index in [9.17, 15) is 0 Å². The third kappa shape index (κ3) is 2.58. The Morgan fingerprint density at radius 1 is 1.12 bits per heavy atom. The molecule has 17 heavy (non-hydrogen) atoms. The molecule has 1 fully saturated rings. The molecule has 2 heteroatoms. The van der Waals surface area contributed by atoms with Crippen molar-refractivity contribution in [3.8, 4) is 0 Å². The molecule has 3 rings (SSSR count). The fraction of sp³-hybridized carbons (Fsp3) is 0.533. The summed E-state index contributed by atoms with van der Waals surface area (Å²) < 4.78 is 5.93. The van der Waals surface area contributed by atoms with Crippen molar-refractivity contribution < 1.29 is 4.74 Å². The number of benzene rings is 1. The number of nitrogens with zero attached hydrogens (tertiary/aromatic N) is 1. The smallest absolute Gasteiger partial charge is 0.0852 e. The molecule has 90 valence electrons. The lowest BCUT2D eigenvalue weighted by Crippen LogP contribution is -2.17. The average Bonchev–Trinajstić information content (AvgIpc) is 2.89. The number of ether oxygens (including phenoxy) is 1. The Hall–Kier alpha value is -1.15. The number of aliphatic imine (C=N–C) groups is 1. The molecular formula is C15H19NO. The summed E-state index contributed by atoms with van der Waals surface area (Å²) in [6.07, 6.45) is 7.82. The predicted octanol–water partition coefficient (Wildman–Crippen LogP) is 3.66. The molecule has 1 aromatic carbocycles. The van der Waals surface area contributed by atoms with Crippen LogP contribution >= 0.6 is 0 Å². The van der Waals surface area contributed by atoms with Gasteiger partial charge in [0.2, 0.25) is 0 Å². The van der Waals surface area contributed by atoms with E-state index in [1.807, 2.05) is 0 Å². The Balaban J connectivity index is 1.63. The van der Waals surface area contributed by atoms with E-state index in [0.717, 1.165) is 25.1 Å². The van der Waals surface area contributed by atoms with Crippen LogP contribution in [-0.4, -0.2) is 18.4 Å². The number of hydrogen-bond acceptors (Lipinski definition) is 2. The molecule has 0 aromatic heterocycles. The van der Waals surface area contributed by atoms with Gasteiger partial charge in [0.15, 0.2) is 0 Å². The van der Waals surface area contributed by atoms with Crippen LogP contribution in [0.5, 0.6) is 0 Å². The number of aryl methyl sites for hydroxylation is 1. The normalized spacial score (nSPS) is 20.1. The third-order valence-corrected chi connectivity index (χ3v) is 3.74. The van der Waals surface area contributed by atoms with Crippen LogP contribution in [0.2, 0.25) is 0 Å². The molecule has 0 N–H and O–H groups in total. The zero-order chi connectivity index (χ0) is 11.5. The van der Waals surface area contributed by atoms with Gasteiger partial charge in [0.25, 0.3) is 0 Å². The lowest BCUT2D eigenvalue weighted by molar-refractivity contribution is 0.0866. The molecule has 1 aliphatic carbocycles. The van der Waals surface area contributed by atoms with E-state index in [-0.39, 0.29) is 0 Å². The van der Waals surface area contributed by atoms with Crippen molar-refractivity contribution >= 4 is 11.4 Å². The molecule has 1 saturated carbocycles. The highest BCUT2D eigenvalue weighted by molar-refractivity contribution is 5.90. The Bertz CT molecular complexity index is 419. The molecule has 0 bridgehead atoms. The van der Waals surface area contributed by atoms with Gasteiger partial charge in [-0.1, -0.05) is 31.0 Å². The van der Waals surface area contributed by atoms with Crippen molar-refractivity contribution in [3.05, 3.63) is 29.8 Å². The molecule has 0 unspecified atom stereocenters. The Morgan fingerprint density at radius 3 is 2.82 bits per heavy atom. The van der Waals surface area contributed by atoms with Gasteiger partial charge < -0.3 is 4.74 Å². The van der Waals surface area contributed by atoms with Crippen LogP contribution in [-0.2, 0) is 11.2 Å². The van der Waals surface area contributed by atoms with Gasteiger partial charge in [-0.3, -0.25) is 4.99 Å². The van der Waals surface area contributed by atoms with Crippen LogP contribution in [0.1, 0.15) is 37.7 Å². The third-order valence-electron chi connectivity index (χ3n) is 3.74. The minimum Gasteiger partial charge on any atom is -0.372 e. The first-order valence-corrected chi connectivity index (χ1v) is 6.68. The van der Waals surface area contributed by atoms with Crippen molar-refractivity contribution in [2.75, 3.05) is 6.61 Å². The van der Waals surface area contributed by atoms with Crippen LogP contribution in [0.25, 0.3) is 0 Å². The van der Waals surface area contributed by atoms with Crippen molar-refractivity contribution in [2.45, 2.75) is 44.6 Å². The monoisotopic (exact) mass is 229 g/mol. The first-order chi connectivity index (χ1) is 8.42. The molecule has 0 spiro atoms.